The van der Waals surface area contributed by atoms with Crippen LogP contribution in [0, 0.1) is 10.1 Å². The molecule has 7 nitrogen and oxygen atoms in total. The average Bonchev–Trinajstić information content (AvgIpc) is 2.41. The molecule has 1 aromatic rings. The maximum Gasteiger partial charge on any atom is 0.292 e. The molecule has 1 aromatic carbocycles. The van der Waals surface area contributed by atoms with Crippen molar-refractivity contribution in [1.29, 1.82) is 0 Å². The monoisotopic (exact) mass is 292 g/mol. The van der Waals surface area contributed by atoms with Crippen molar-refractivity contribution < 1.29 is 9.72 Å². The van der Waals surface area contributed by atoms with Crippen molar-refractivity contribution in [2.24, 2.45) is 5.73 Å². The second kappa shape index (κ2) is 5.69. The smallest absolute Gasteiger partial charge is 0.292 e. The van der Waals surface area contributed by atoms with E-state index in [0.717, 1.165) is 19.3 Å². The molecule has 0 atom stereocenters. The second-order valence-corrected chi connectivity index (χ2v) is 5.76. The number of anilines is 1. The summed E-state index contributed by atoms with van der Waals surface area (Å²) in [5.74, 6) is -0.195. The SMILES string of the molecule is CN(C)C(=O)c1ccc([N+](=O)[O-])c(NCC2(N)CCC2)c1. The molecule has 114 valence electrons. The maximum atomic E-state index is 11.9. The van der Waals surface area contributed by atoms with E-state index in [1.165, 1.54) is 23.1 Å². The molecule has 0 unspecified atom stereocenters. The molecule has 0 heterocycles. The zero-order valence-electron chi connectivity index (χ0n) is 12.3. The van der Waals surface area contributed by atoms with Crippen molar-refractivity contribution in [3.63, 3.8) is 0 Å². The number of nitro groups is 1. The lowest BCUT2D eigenvalue weighted by Crippen LogP contribution is -2.52. The molecule has 0 saturated heterocycles. The molecule has 1 aliphatic carbocycles. The molecule has 0 aliphatic heterocycles. The van der Waals surface area contributed by atoms with E-state index >= 15 is 0 Å². The molecule has 0 radical (unpaired) electrons. The van der Waals surface area contributed by atoms with Crippen molar-refractivity contribution in [2.75, 3.05) is 26.0 Å². The van der Waals surface area contributed by atoms with Crippen LogP contribution in [0.4, 0.5) is 11.4 Å². The van der Waals surface area contributed by atoms with E-state index in [0.29, 0.717) is 17.8 Å². The fraction of sp³-hybridized carbons (Fsp3) is 0.500. The van der Waals surface area contributed by atoms with E-state index in [9.17, 15) is 14.9 Å². The van der Waals surface area contributed by atoms with Gasteiger partial charge in [-0.05, 0) is 31.4 Å². The highest BCUT2D eigenvalue weighted by Gasteiger charge is 2.32. The Morgan fingerprint density at radius 2 is 2.14 bits per heavy atom. The van der Waals surface area contributed by atoms with Crippen LogP contribution < -0.4 is 11.1 Å². The number of hydrogen-bond acceptors (Lipinski definition) is 5. The number of rotatable bonds is 5. The van der Waals surface area contributed by atoms with Gasteiger partial charge in [-0.25, -0.2) is 0 Å². The van der Waals surface area contributed by atoms with E-state index in [4.69, 9.17) is 5.73 Å². The number of hydrogen-bond donors (Lipinski definition) is 2. The van der Waals surface area contributed by atoms with Gasteiger partial charge in [0.1, 0.15) is 5.69 Å². The van der Waals surface area contributed by atoms with Gasteiger partial charge in [0.15, 0.2) is 0 Å². The molecule has 1 amide bonds. The minimum absolute atomic E-state index is 0.0479. The second-order valence-electron chi connectivity index (χ2n) is 5.76. The van der Waals surface area contributed by atoms with Gasteiger partial charge in [0, 0.05) is 37.8 Å². The topological polar surface area (TPSA) is 102 Å². The number of nitro benzene ring substituents is 1. The van der Waals surface area contributed by atoms with Crippen LogP contribution in [-0.4, -0.2) is 41.9 Å². The van der Waals surface area contributed by atoms with Gasteiger partial charge in [-0.15, -0.1) is 0 Å². The molecule has 7 heteroatoms. The highest BCUT2D eigenvalue weighted by molar-refractivity contribution is 5.95. The summed E-state index contributed by atoms with van der Waals surface area (Å²) in [6.07, 6.45) is 2.90. The largest absolute Gasteiger partial charge is 0.378 e. The highest BCUT2D eigenvalue weighted by Crippen LogP contribution is 2.31. The van der Waals surface area contributed by atoms with E-state index in [-0.39, 0.29) is 17.1 Å². The standard InChI is InChI=1S/C14H20N4O3/c1-17(2)13(19)10-4-5-12(18(20)21)11(8-10)16-9-14(15)6-3-7-14/h4-5,8,16H,3,6-7,9,15H2,1-2H3. The molecular formula is C14H20N4O3. The van der Waals surface area contributed by atoms with E-state index in [2.05, 4.69) is 5.32 Å². The Bertz CT molecular complexity index is 567. The van der Waals surface area contributed by atoms with E-state index in [1.807, 2.05) is 0 Å². The minimum Gasteiger partial charge on any atom is -0.378 e. The van der Waals surface area contributed by atoms with Crippen molar-refractivity contribution in [3.05, 3.63) is 33.9 Å². The third-order valence-corrected chi connectivity index (χ3v) is 3.83. The summed E-state index contributed by atoms with van der Waals surface area (Å²) < 4.78 is 0. The molecule has 1 aliphatic rings. The van der Waals surface area contributed by atoms with Gasteiger partial charge in [-0.1, -0.05) is 0 Å². The fourth-order valence-electron chi connectivity index (χ4n) is 2.31. The molecule has 0 aromatic heterocycles. The van der Waals surface area contributed by atoms with Crippen molar-refractivity contribution in [2.45, 2.75) is 24.8 Å². The number of nitrogens with two attached hydrogens (primary N) is 1. The third-order valence-electron chi connectivity index (χ3n) is 3.83. The number of amides is 1. The number of benzene rings is 1. The lowest BCUT2D eigenvalue weighted by molar-refractivity contribution is -0.384. The Labute approximate surface area is 123 Å². The molecule has 21 heavy (non-hydrogen) atoms. The van der Waals surface area contributed by atoms with Gasteiger partial charge in [0.25, 0.3) is 11.6 Å². The lowest BCUT2D eigenvalue weighted by Gasteiger charge is -2.38. The quantitative estimate of drug-likeness (QED) is 0.634. The van der Waals surface area contributed by atoms with Gasteiger partial charge in [0.05, 0.1) is 4.92 Å². The molecule has 2 rings (SSSR count). The first-order valence-electron chi connectivity index (χ1n) is 6.85. The number of carbonyl (C=O) groups is 1. The first kappa shape index (κ1) is 15.2. The summed E-state index contributed by atoms with van der Waals surface area (Å²) >= 11 is 0. The van der Waals surface area contributed by atoms with Crippen molar-refractivity contribution >= 4 is 17.3 Å². The van der Waals surface area contributed by atoms with Crippen LogP contribution in [0.3, 0.4) is 0 Å². The zero-order valence-corrected chi connectivity index (χ0v) is 12.3. The van der Waals surface area contributed by atoms with Gasteiger partial charge in [0.2, 0.25) is 0 Å². The fourth-order valence-corrected chi connectivity index (χ4v) is 2.31. The first-order valence-corrected chi connectivity index (χ1v) is 6.85. The van der Waals surface area contributed by atoms with Gasteiger partial charge < -0.3 is 16.0 Å². The average molecular weight is 292 g/mol. The normalized spacial score (nSPS) is 16.0. The Hall–Kier alpha value is -2.15. The highest BCUT2D eigenvalue weighted by atomic mass is 16.6. The van der Waals surface area contributed by atoms with Crippen molar-refractivity contribution in [1.82, 2.24) is 4.90 Å². The van der Waals surface area contributed by atoms with Crippen LogP contribution in [0.2, 0.25) is 0 Å². The summed E-state index contributed by atoms with van der Waals surface area (Å²) in [6, 6.07) is 4.33. The molecule has 1 saturated carbocycles. The number of carbonyl (C=O) groups excluding carboxylic acids is 1. The molecule has 0 spiro atoms. The molecule has 1 fully saturated rings. The molecule has 0 bridgehead atoms. The van der Waals surface area contributed by atoms with Crippen LogP contribution in [0.5, 0.6) is 0 Å². The maximum absolute atomic E-state index is 11.9. The summed E-state index contributed by atoms with van der Waals surface area (Å²) in [5, 5.41) is 14.1. The van der Waals surface area contributed by atoms with Crippen LogP contribution in [-0.2, 0) is 0 Å². The first-order chi connectivity index (χ1) is 9.82. The molecular weight excluding hydrogens is 272 g/mol. The van der Waals surface area contributed by atoms with Gasteiger partial charge >= 0.3 is 0 Å². The minimum atomic E-state index is -0.462. The Kier molecular flexibility index (Phi) is 4.13. The van der Waals surface area contributed by atoms with E-state index in [1.54, 1.807) is 14.1 Å². The Morgan fingerprint density at radius 1 is 1.48 bits per heavy atom. The summed E-state index contributed by atoms with van der Waals surface area (Å²) in [6.45, 7) is 0.466. The summed E-state index contributed by atoms with van der Waals surface area (Å²) in [5.41, 5.74) is 6.52. The third kappa shape index (κ3) is 3.30. The van der Waals surface area contributed by atoms with Crippen molar-refractivity contribution in [3.8, 4) is 0 Å². The van der Waals surface area contributed by atoms with Crippen LogP contribution in [0.1, 0.15) is 29.6 Å². The van der Waals surface area contributed by atoms with Gasteiger partial charge in [-0.2, -0.15) is 0 Å². The zero-order chi connectivity index (χ0) is 15.6. The van der Waals surface area contributed by atoms with Crippen LogP contribution in [0.15, 0.2) is 18.2 Å². The Morgan fingerprint density at radius 3 is 2.62 bits per heavy atom. The van der Waals surface area contributed by atoms with E-state index < -0.39 is 4.92 Å². The summed E-state index contributed by atoms with van der Waals surface area (Å²) in [7, 11) is 3.28. The number of nitrogens with zero attached hydrogens (tertiary/aromatic N) is 2. The predicted molar refractivity (Wildman–Crippen MR) is 80.4 cm³/mol. The van der Waals surface area contributed by atoms with Gasteiger partial charge in [-0.3, -0.25) is 14.9 Å². The summed E-state index contributed by atoms with van der Waals surface area (Å²) in [4.78, 5) is 24.0. The van der Waals surface area contributed by atoms with Crippen LogP contribution >= 0.6 is 0 Å². The predicted octanol–water partition coefficient (Wildman–Crippen LogP) is 1.59. The molecule has 3 N–H and O–H groups in total. The van der Waals surface area contributed by atoms with Crippen LogP contribution in [0.25, 0.3) is 0 Å². The Balaban J connectivity index is 2.24. The lowest BCUT2D eigenvalue weighted by atomic mass is 9.78. The number of nitrogens with one attached hydrogen (secondary N) is 1.